The molecule has 0 atom stereocenters. The normalized spacial score (nSPS) is 14.8. The highest BCUT2D eigenvalue weighted by atomic mass is 79.9. The molecule has 1 aliphatic heterocycles. The fourth-order valence-electron chi connectivity index (χ4n) is 3.06. The van der Waals surface area contributed by atoms with Crippen LogP contribution in [0.4, 0.5) is 9.18 Å². The van der Waals surface area contributed by atoms with Gasteiger partial charge in [-0.15, -0.1) is 0 Å². The number of halogens is 3. The number of amides is 2. The van der Waals surface area contributed by atoms with E-state index in [0.29, 0.717) is 15.6 Å². The van der Waals surface area contributed by atoms with Crippen molar-refractivity contribution in [1.29, 1.82) is 0 Å². The molecule has 1 fully saturated rings. The average molecular weight is 547 g/mol. The third kappa shape index (κ3) is 5.35. The second kappa shape index (κ2) is 9.91. The SMILES string of the molecule is O=C(Oc1ccc(Br)cc1/C=C1\SC(=O)N(Cc2ccc(F)cc2)C1=O)c1ccccc1Cl. The molecule has 3 aromatic carbocycles. The van der Waals surface area contributed by atoms with Gasteiger partial charge in [0.15, 0.2) is 0 Å². The minimum atomic E-state index is -0.651. The Bertz CT molecular complexity index is 1300. The summed E-state index contributed by atoms with van der Waals surface area (Å²) in [4.78, 5) is 39.2. The van der Waals surface area contributed by atoms with Crippen LogP contribution in [0.1, 0.15) is 21.5 Å². The Kier molecular flexibility index (Phi) is 6.97. The van der Waals surface area contributed by atoms with Gasteiger partial charge in [-0.05, 0) is 65.9 Å². The third-order valence-electron chi connectivity index (χ3n) is 4.68. The summed E-state index contributed by atoms with van der Waals surface area (Å²) in [7, 11) is 0. The van der Waals surface area contributed by atoms with Crippen LogP contribution in [0, 0.1) is 5.82 Å². The molecule has 0 aromatic heterocycles. The van der Waals surface area contributed by atoms with Crippen LogP contribution >= 0.6 is 39.3 Å². The van der Waals surface area contributed by atoms with Gasteiger partial charge in [0.2, 0.25) is 0 Å². The van der Waals surface area contributed by atoms with Gasteiger partial charge in [-0.1, -0.05) is 51.8 Å². The van der Waals surface area contributed by atoms with Gasteiger partial charge in [0.1, 0.15) is 11.6 Å². The zero-order chi connectivity index (χ0) is 23.5. The second-order valence-corrected chi connectivity index (χ2v) is 9.26. The van der Waals surface area contributed by atoms with Gasteiger partial charge in [-0.2, -0.15) is 0 Å². The first-order chi connectivity index (χ1) is 15.8. The van der Waals surface area contributed by atoms with Crippen LogP contribution in [0.25, 0.3) is 6.08 Å². The molecule has 0 spiro atoms. The van der Waals surface area contributed by atoms with Crippen molar-refractivity contribution in [1.82, 2.24) is 4.90 Å². The Morgan fingerprint density at radius 3 is 2.55 bits per heavy atom. The number of carbonyl (C=O) groups excluding carboxylic acids is 3. The van der Waals surface area contributed by atoms with Gasteiger partial charge in [0.25, 0.3) is 11.1 Å². The number of nitrogens with zero attached hydrogens (tertiary/aromatic N) is 1. The number of ether oxygens (including phenoxy) is 1. The van der Waals surface area contributed by atoms with Crippen LogP contribution in [0.2, 0.25) is 5.02 Å². The first-order valence-corrected chi connectivity index (χ1v) is 11.6. The fourth-order valence-corrected chi connectivity index (χ4v) is 4.48. The maximum absolute atomic E-state index is 13.1. The Morgan fingerprint density at radius 1 is 1.09 bits per heavy atom. The third-order valence-corrected chi connectivity index (χ3v) is 6.41. The molecular weight excluding hydrogens is 533 g/mol. The molecule has 5 nitrogen and oxygen atoms in total. The number of hydrogen-bond donors (Lipinski definition) is 0. The summed E-state index contributed by atoms with van der Waals surface area (Å²) in [6.07, 6.45) is 1.50. The predicted molar refractivity (Wildman–Crippen MR) is 128 cm³/mol. The monoisotopic (exact) mass is 545 g/mol. The number of hydrogen-bond acceptors (Lipinski definition) is 5. The van der Waals surface area contributed by atoms with Crippen LogP contribution in [-0.2, 0) is 11.3 Å². The number of rotatable bonds is 5. The summed E-state index contributed by atoms with van der Waals surface area (Å²) in [5.74, 6) is -1.34. The molecule has 9 heteroatoms. The highest BCUT2D eigenvalue weighted by Gasteiger charge is 2.35. The molecule has 1 saturated heterocycles. The molecule has 3 aromatic rings. The van der Waals surface area contributed by atoms with Gasteiger partial charge in [-0.25, -0.2) is 9.18 Å². The molecule has 166 valence electrons. The molecule has 33 heavy (non-hydrogen) atoms. The van der Waals surface area contributed by atoms with Crippen molar-refractivity contribution in [2.75, 3.05) is 0 Å². The molecule has 0 saturated carbocycles. The quantitative estimate of drug-likeness (QED) is 0.202. The summed E-state index contributed by atoms with van der Waals surface area (Å²) in [6.45, 7) is 0.0229. The van der Waals surface area contributed by atoms with Gasteiger partial charge >= 0.3 is 5.97 Å². The summed E-state index contributed by atoms with van der Waals surface area (Å²) >= 11 is 10.2. The van der Waals surface area contributed by atoms with Crippen molar-refractivity contribution in [3.8, 4) is 5.75 Å². The zero-order valence-electron chi connectivity index (χ0n) is 16.8. The van der Waals surface area contributed by atoms with E-state index in [-0.39, 0.29) is 27.8 Å². The Hall–Kier alpha value is -2.94. The maximum Gasteiger partial charge on any atom is 0.345 e. The minimum Gasteiger partial charge on any atom is -0.422 e. The molecule has 0 radical (unpaired) electrons. The van der Waals surface area contributed by atoms with E-state index in [2.05, 4.69) is 15.9 Å². The van der Waals surface area contributed by atoms with Crippen molar-refractivity contribution >= 4 is 62.5 Å². The topological polar surface area (TPSA) is 63.7 Å². The fraction of sp³-hybridized carbons (Fsp3) is 0.0417. The standard InChI is InChI=1S/C24H14BrClFNO4S/c25-16-7-10-20(32-23(30)18-3-1-2-4-19(18)26)15(11-16)12-21-22(29)28(24(31)33-21)13-14-5-8-17(27)9-6-14/h1-12H,13H2/b21-12-. The molecule has 0 unspecified atom stereocenters. The van der Waals surface area contributed by atoms with Crippen molar-refractivity contribution in [3.63, 3.8) is 0 Å². The highest BCUT2D eigenvalue weighted by molar-refractivity contribution is 9.10. The Labute approximate surface area is 206 Å². The number of imide groups is 1. The molecule has 1 aliphatic rings. The van der Waals surface area contributed by atoms with E-state index in [9.17, 15) is 18.8 Å². The van der Waals surface area contributed by atoms with Crippen LogP contribution in [0.3, 0.4) is 0 Å². The molecule has 2 amide bonds. The van der Waals surface area contributed by atoms with E-state index in [1.165, 1.54) is 30.3 Å². The second-order valence-electron chi connectivity index (χ2n) is 6.95. The van der Waals surface area contributed by atoms with Crippen LogP contribution < -0.4 is 4.74 Å². The zero-order valence-corrected chi connectivity index (χ0v) is 19.9. The lowest BCUT2D eigenvalue weighted by Gasteiger charge is -2.12. The summed E-state index contributed by atoms with van der Waals surface area (Å²) in [6, 6.07) is 17.0. The van der Waals surface area contributed by atoms with Gasteiger partial charge < -0.3 is 4.74 Å². The molecule has 1 heterocycles. The van der Waals surface area contributed by atoms with E-state index in [0.717, 1.165) is 16.7 Å². The van der Waals surface area contributed by atoms with Gasteiger partial charge in [-0.3, -0.25) is 14.5 Å². The number of carbonyl (C=O) groups is 3. The van der Waals surface area contributed by atoms with Gasteiger partial charge in [0, 0.05) is 10.0 Å². The molecule has 0 N–H and O–H groups in total. The molecule has 4 rings (SSSR count). The summed E-state index contributed by atoms with van der Waals surface area (Å²) < 4.78 is 19.4. The van der Waals surface area contributed by atoms with E-state index in [1.807, 2.05) is 0 Å². The summed E-state index contributed by atoms with van der Waals surface area (Å²) in [5.41, 5.74) is 1.25. The van der Waals surface area contributed by atoms with E-state index in [4.69, 9.17) is 16.3 Å². The lowest BCUT2D eigenvalue weighted by molar-refractivity contribution is -0.123. The van der Waals surface area contributed by atoms with Crippen LogP contribution in [0.15, 0.2) is 76.1 Å². The van der Waals surface area contributed by atoms with Crippen molar-refractivity contribution in [2.24, 2.45) is 0 Å². The van der Waals surface area contributed by atoms with Crippen molar-refractivity contribution < 1.29 is 23.5 Å². The average Bonchev–Trinajstić information content (AvgIpc) is 3.04. The lowest BCUT2D eigenvalue weighted by atomic mass is 10.1. The first-order valence-electron chi connectivity index (χ1n) is 9.58. The largest absolute Gasteiger partial charge is 0.422 e. The molecular formula is C24H14BrClFNO4S. The van der Waals surface area contributed by atoms with E-state index < -0.39 is 22.9 Å². The number of benzene rings is 3. The minimum absolute atomic E-state index is 0.0229. The van der Waals surface area contributed by atoms with Crippen LogP contribution in [-0.4, -0.2) is 22.0 Å². The number of esters is 1. The molecule has 0 bridgehead atoms. The van der Waals surface area contributed by atoms with Gasteiger partial charge in [0.05, 0.1) is 22.0 Å². The highest BCUT2D eigenvalue weighted by Crippen LogP contribution is 2.36. The smallest absolute Gasteiger partial charge is 0.345 e. The molecule has 0 aliphatic carbocycles. The Balaban J connectivity index is 1.59. The maximum atomic E-state index is 13.1. The van der Waals surface area contributed by atoms with Crippen LogP contribution in [0.5, 0.6) is 5.75 Å². The Morgan fingerprint density at radius 2 is 1.82 bits per heavy atom. The van der Waals surface area contributed by atoms with E-state index >= 15 is 0 Å². The first kappa shape index (κ1) is 23.2. The van der Waals surface area contributed by atoms with Crippen molar-refractivity contribution in [3.05, 3.63) is 104 Å². The predicted octanol–water partition coefficient (Wildman–Crippen LogP) is 6.70. The number of thioether (sulfide) groups is 1. The van der Waals surface area contributed by atoms with E-state index in [1.54, 1.807) is 42.5 Å². The summed E-state index contributed by atoms with van der Waals surface area (Å²) in [5, 5.41) is -0.191. The lowest BCUT2D eigenvalue weighted by Crippen LogP contribution is -2.27. The van der Waals surface area contributed by atoms with Crippen molar-refractivity contribution in [2.45, 2.75) is 6.54 Å².